The summed E-state index contributed by atoms with van der Waals surface area (Å²) in [6.45, 7) is 2.70. The molecule has 0 radical (unpaired) electrons. The number of nitrogens with one attached hydrogen (secondary N) is 1. The number of methoxy groups -OCH3 is 1. The van der Waals surface area contributed by atoms with E-state index in [4.69, 9.17) is 36.5 Å². The molecule has 248 valence electrons. The molecule has 3 heterocycles. The maximum Gasteiger partial charge on any atom is 0.251 e. The van der Waals surface area contributed by atoms with E-state index in [-0.39, 0.29) is 11.9 Å². The van der Waals surface area contributed by atoms with Crippen molar-refractivity contribution < 1.29 is 19.0 Å². The van der Waals surface area contributed by atoms with Crippen LogP contribution in [-0.2, 0) is 22.5 Å². The van der Waals surface area contributed by atoms with Crippen LogP contribution in [-0.4, -0.2) is 39.1 Å². The summed E-state index contributed by atoms with van der Waals surface area (Å²) in [5.41, 5.74) is 13.5. The number of benzene rings is 3. The molecule has 0 spiro atoms. The standard InChI is InChI=1S/C38H35ClN6O4/c1-3-48-38(47-2)29-21-25(12-17-32(29)49-22-23-8-5-4-6-9-23)37(46)43-30-15-11-24-20-26(13-14-27(24)30)45-35(28-10-7-19-41-34(28)40)42-31-16-18-33(39)44-36(31)45/h4-10,12-14,16-21,30,38H,3,11,15,22H2,1-2H3,(H2,40,41)(H,43,46). The van der Waals surface area contributed by atoms with Gasteiger partial charge in [-0.15, -0.1) is 0 Å². The SMILES string of the molecule is CCOC(OC)c1cc(C(=O)NC2CCc3cc(-n4c(-c5cccnc5N)nc5ccc(Cl)nc54)ccc32)ccc1OCc1ccccc1. The summed E-state index contributed by atoms with van der Waals surface area (Å²) in [4.78, 5) is 27.4. The highest BCUT2D eigenvalue weighted by Gasteiger charge is 2.27. The average molecular weight is 675 g/mol. The molecule has 0 saturated heterocycles. The van der Waals surface area contributed by atoms with Crippen LogP contribution in [0.25, 0.3) is 28.2 Å². The molecule has 1 aliphatic rings. The van der Waals surface area contributed by atoms with Gasteiger partial charge in [-0.3, -0.25) is 9.36 Å². The Morgan fingerprint density at radius 1 is 1.04 bits per heavy atom. The van der Waals surface area contributed by atoms with Crippen LogP contribution >= 0.6 is 11.6 Å². The molecule has 2 unspecified atom stereocenters. The highest BCUT2D eigenvalue weighted by Crippen LogP contribution is 2.37. The van der Waals surface area contributed by atoms with Gasteiger partial charge in [0.1, 0.15) is 28.8 Å². The Morgan fingerprint density at radius 3 is 2.69 bits per heavy atom. The summed E-state index contributed by atoms with van der Waals surface area (Å²) in [7, 11) is 1.57. The zero-order valence-electron chi connectivity index (χ0n) is 27.1. The molecule has 3 aromatic heterocycles. The predicted molar refractivity (Wildman–Crippen MR) is 189 cm³/mol. The number of fused-ring (bicyclic) bond motifs is 2. The highest BCUT2D eigenvalue weighted by molar-refractivity contribution is 6.29. The Morgan fingerprint density at radius 2 is 1.90 bits per heavy atom. The summed E-state index contributed by atoms with van der Waals surface area (Å²) in [6, 6.07) is 28.5. The Bertz CT molecular complexity index is 2140. The van der Waals surface area contributed by atoms with Gasteiger partial charge in [-0.05, 0) is 91.1 Å². The number of nitrogens with zero attached hydrogens (tertiary/aromatic N) is 4. The quantitative estimate of drug-likeness (QED) is 0.108. The summed E-state index contributed by atoms with van der Waals surface area (Å²) in [6.07, 6.45) is 2.50. The lowest BCUT2D eigenvalue weighted by atomic mass is 10.0. The summed E-state index contributed by atoms with van der Waals surface area (Å²) in [5, 5.41) is 3.61. The number of hydrogen-bond acceptors (Lipinski definition) is 8. The number of anilines is 1. The fourth-order valence-electron chi connectivity index (χ4n) is 6.28. The van der Waals surface area contributed by atoms with Crippen molar-refractivity contribution in [3.63, 3.8) is 0 Å². The molecule has 2 atom stereocenters. The number of aromatic nitrogens is 4. The lowest BCUT2D eigenvalue weighted by Gasteiger charge is -2.21. The van der Waals surface area contributed by atoms with Crippen LogP contribution in [0.2, 0.25) is 5.15 Å². The van der Waals surface area contributed by atoms with Gasteiger partial charge in [0.15, 0.2) is 17.8 Å². The largest absolute Gasteiger partial charge is 0.488 e. The fourth-order valence-corrected chi connectivity index (χ4v) is 6.42. The Labute approximate surface area is 288 Å². The minimum Gasteiger partial charge on any atom is -0.488 e. The summed E-state index contributed by atoms with van der Waals surface area (Å²) >= 11 is 6.33. The first kappa shape index (κ1) is 32.3. The lowest BCUT2D eigenvalue weighted by Crippen LogP contribution is -2.27. The molecule has 0 bridgehead atoms. The van der Waals surface area contributed by atoms with Crippen molar-refractivity contribution in [2.75, 3.05) is 19.5 Å². The number of nitrogens with two attached hydrogens (primary N) is 1. The molecule has 3 N–H and O–H groups in total. The van der Waals surface area contributed by atoms with Crippen molar-refractivity contribution in [3.8, 4) is 22.8 Å². The van der Waals surface area contributed by atoms with Crippen molar-refractivity contribution in [1.82, 2.24) is 24.8 Å². The van der Waals surface area contributed by atoms with Gasteiger partial charge in [0.2, 0.25) is 0 Å². The Hall–Kier alpha value is -5.29. The Kier molecular flexibility index (Phi) is 9.26. The highest BCUT2D eigenvalue weighted by atomic mass is 35.5. The first-order valence-electron chi connectivity index (χ1n) is 16.1. The molecular formula is C38H35ClN6O4. The molecule has 11 heteroatoms. The second-order valence-corrected chi connectivity index (χ2v) is 12.1. The molecule has 6 aromatic rings. The molecule has 0 aliphatic heterocycles. The molecule has 3 aromatic carbocycles. The van der Waals surface area contributed by atoms with Gasteiger partial charge < -0.3 is 25.3 Å². The van der Waals surface area contributed by atoms with Crippen LogP contribution in [0.4, 0.5) is 5.82 Å². The van der Waals surface area contributed by atoms with Crippen molar-refractivity contribution >= 4 is 34.5 Å². The average Bonchev–Trinajstić information content (AvgIpc) is 3.70. The molecule has 49 heavy (non-hydrogen) atoms. The number of halogens is 1. The number of amides is 1. The number of ether oxygens (including phenoxy) is 3. The topological polar surface area (TPSA) is 126 Å². The number of pyridine rings is 2. The van der Waals surface area contributed by atoms with E-state index in [0.29, 0.717) is 63.6 Å². The zero-order valence-corrected chi connectivity index (χ0v) is 27.9. The number of hydrogen-bond donors (Lipinski definition) is 2. The van der Waals surface area contributed by atoms with E-state index in [1.165, 1.54) is 0 Å². The molecule has 0 saturated carbocycles. The predicted octanol–water partition coefficient (Wildman–Crippen LogP) is 7.40. The minimum absolute atomic E-state index is 0.167. The van der Waals surface area contributed by atoms with E-state index in [1.54, 1.807) is 37.6 Å². The maximum absolute atomic E-state index is 13.7. The van der Waals surface area contributed by atoms with E-state index < -0.39 is 6.29 Å². The van der Waals surface area contributed by atoms with Crippen molar-refractivity contribution in [3.05, 3.63) is 130 Å². The van der Waals surface area contributed by atoms with Gasteiger partial charge in [-0.1, -0.05) is 48.0 Å². The van der Waals surface area contributed by atoms with Crippen molar-refractivity contribution in [2.45, 2.75) is 38.7 Å². The van der Waals surface area contributed by atoms with Crippen LogP contribution < -0.4 is 15.8 Å². The number of carbonyl (C=O) groups excluding carboxylic acids is 1. The monoisotopic (exact) mass is 674 g/mol. The molecule has 7 rings (SSSR count). The van der Waals surface area contributed by atoms with Gasteiger partial charge in [0.05, 0.1) is 17.2 Å². The van der Waals surface area contributed by atoms with Crippen LogP contribution in [0, 0.1) is 0 Å². The van der Waals surface area contributed by atoms with E-state index in [9.17, 15) is 4.79 Å². The van der Waals surface area contributed by atoms with E-state index in [1.807, 2.05) is 66.1 Å². The van der Waals surface area contributed by atoms with Gasteiger partial charge in [0.25, 0.3) is 5.91 Å². The number of nitrogen functional groups attached to an aromatic ring is 1. The number of aryl methyl sites for hydroxylation is 1. The van der Waals surface area contributed by atoms with E-state index in [0.717, 1.165) is 35.2 Å². The smallest absolute Gasteiger partial charge is 0.251 e. The number of carbonyl (C=O) groups is 1. The van der Waals surface area contributed by atoms with E-state index >= 15 is 0 Å². The molecule has 0 fully saturated rings. The first-order valence-corrected chi connectivity index (χ1v) is 16.5. The normalized spacial score (nSPS) is 14.5. The molecule has 1 aliphatic carbocycles. The Balaban J connectivity index is 1.16. The van der Waals surface area contributed by atoms with Crippen LogP contribution in [0.15, 0.2) is 97.2 Å². The third-order valence-electron chi connectivity index (χ3n) is 8.61. The molecule has 1 amide bonds. The van der Waals surface area contributed by atoms with Gasteiger partial charge in [0, 0.05) is 31.2 Å². The minimum atomic E-state index is -0.690. The fraction of sp³-hybridized carbons (Fsp3) is 0.211. The van der Waals surface area contributed by atoms with Crippen LogP contribution in [0.1, 0.15) is 58.3 Å². The van der Waals surface area contributed by atoms with Crippen LogP contribution in [0.5, 0.6) is 5.75 Å². The summed E-state index contributed by atoms with van der Waals surface area (Å²) in [5.74, 6) is 1.38. The van der Waals surface area contributed by atoms with E-state index in [2.05, 4.69) is 27.4 Å². The van der Waals surface area contributed by atoms with Gasteiger partial charge >= 0.3 is 0 Å². The molecule has 10 nitrogen and oxygen atoms in total. The van der Waals surface area contributed by atoms with Gasteiger partial charge in [-0.25, -0.2) is 15.0 Å². The zero-order chi connectivity index (χ0) is 33.9. The lowest BCUT2D eigenvalue weighted by molar-refractivity contribution is -0.125. The van der Waals surface area contributed by atoms with Gasteiger partial charge in [-0.2, -0.15) is 0 Å². The van der Waals surface area contributed by atoms with Crippen molar-refractivity contribution in [2.24, 2.45) is 0 Å². The van der Waals surface area contributed by atoms with Crippen molar-refractivity contribution in [1.29, 1.82) is 0 Å². The second kappa shape index (κ2) is 14.1. The summed E-state index contributed by atoms with van der Waals surface area (Å²) < 4.78 is 19.6. The third-order valence-corrected chi connectivity index (χ3v) is 8.82. The molecular weight excluding hydrogens is 640 g/mol. The maximum atomic E-state index is 13.7. The third kappa shape index (κ3) is 6.58. The number of imidazole rings is 1. The first-order chi connectivity index (χ1) is 23.9. The number of rotatable bonds is 11. The second-order valence-electron chi connectivity index (χ2n) is 11.7. The van der Waals surface area contributed by atoms with Crippen LogP contribution in [0.3, 0.4) is 0 Å².